The number of piperazine rings is 1. The minimum Gasteiger partial charge on any atom is -0.465 e. The van der Waals surface area contributed by atoms with E-state index in [-0.39, 0.29) is 47.5 Å². The van der Waals surface area contributed by atoms with Crippen molar-refractivity contribution in [3.8, 4) is 0 Å². The average Bonchev–Trinajstić information content (AvgIpc) is 2.89. The van der Waals surface area contributed by atoms with Crippen molar-refractivity contribution in [1.29, 1.82) is 0 Å². The molecule has 0 radical (unpaired) electrons. The van der Waals surface area contributed by atoms with E-state index in [9.17, 15) is 18.0 Å². The number of amides is 1. The number of carbonyl (C=O) groups excluding carboxylic acids is 2. The second-order valence-electron chi connectivity index (χ2n) is 5.73. The summed E-state index contributed by atoms with van der Waals surface area (Å²) in [5.41, 5.74) is -0.0753. The van der Waals surface area contributed by atoms with Crippen molar-refractivity contribution in [3.05, 3.63) is 17.1 Å². The van der Waals surface area contributed by atoms with Gasteiger partial charge in [-0.3, -0.25) is 4.79 Å². The zero-order chi connectivity index (χ0) is 18.8. The van der Waals surface area contributed by atoms with E-state index in [0.29, 0.717) is 13.1 Å². The zero-order valence-corrected chi connectivity index (χ0v) is 15.6. The van der Waals surface area contributed by atoms with E-state index < -0.39 is 16.0 Å². The molecule has 0 saturated carbocycles. The van der Waals surface area contributed by atoms with Crippen LogP contribution < -0.4 is 5.32 Å². The molecule has 140 valence electrons. The van der Waals surface area contributed by atoms with Gasteiger partial charge < -0.3 is 19.4 Å². The van der Waals surface area contributed by atoms with Gasteiger partial charge in [0.25, 0.3) is 0 Å². The highest BCUT2D eigenvalue weighted by atomic mass is 32.2. The van der Waals surface area contributed by atoms with Crippen LogP contribution in [0.2, 0.25) is 0 Å². The van der Waals surface area contributed by atoms with E-state index in [0.717, 1.165) is 0 Å². The minimum atomic E-state index is -3.93. The van der Waals surface area contributed by atoms with Gasteiger partial charge in [-0.15, -0.1) is 0 Å². The van der Waals surface area contributed by atoms with Crippen LogP contribution >= 0.6 is 0 Å². The summed E-state index contributed by atoms with van der Waals surface area (Å²) >= 11 is 0. The van der Waals surface area contributed by atoms with Crippen LogP contribution in [0.4, 0.5) is 0 Å². The second kappa shape index (κ2) is 7.54. The van der Waals surface area contributed by atoms with Crippen molar-refractivity contribution in [1.82, 2.24) is 14.5 Å². The van der Waals surface area contributed by atoms with Crippen molar-refractivity contribution in [2.75, 3.05) is 46.9 Å². The normalized spacial score (nSPS) is 16.1. The molecule has 1 aromatic heterocycles. The fourth-order valence-electron chi connectivity index (χ4n) is 2.88. The Hall–Kier alpha value is -1.91. The summed E-state index contributed by atoms with van der Waals surface area (Å²) < 4.78 is 37.3. The van der Waals surface area contributed by atoms with Gasteiger partial charge in [-0.05, 0) is 20.9 Å². The smallest absolute Gasteiger partial charge is 0.342 e. The first-order valence-corrected chi connectivity index (χ1v) is 9.28. The molecule has 2 heterocycles. The van der Waals surface area contributed by atoms with Gasteiger partial charge in [0, 0.05) is 26.2 Å². The summed E-state index contributed by atoms with van der Waals surface area (Å²) in [5, 5.41) is 2.78. The molecule has 1 saturated heterocycles. The third kappa shape index (κ3) is 3.70. The van der Waals surface area contributed by atoms with E-state index in [1.54, 1.807) is 11.9 Å². The molecule has 1 aromatic rings. The molecule has 25 heavy (non-hydrogen) atoms. The van der Waals surface area contributed by atoms with E-state index in [1.807, 2.05) is 0 Å². The minimum absolute atomic E-state index is 0.0753. The third-order valence-corrected chi connectivity index (χ3v) is 6.16. The van der Waals surface area contributed by atoms with Gasteiger partial charge in [-0.1, -0.05) is 0 Å². The van der Waals surface area contributed by atoms with Crippen molar-refractivity contribution in [2.45, 2.75) is 18.7 Å². The summed E-state index contributed by atoms with van der Waals surface area (Å²) in [7, 11) is -1.07. The monoisotopic (exact) mass is 373 g/mol. The Morgan fingerprint density at radius 3 is 2.28 bits per heavy atom. The first-order valence-electron chi connectivity index (χ1n) is 7.84. The van der Waals surface area contributed by atoms with Gasteiger partial charge in [0.15, 0.2) is 0 Å². The van der Waals surface area contributed by atoms with E-state index in [4.69, 9.17) is 4.42 Å². The molecular weight excluding hydrogens is 350 g/mol. The molecule has 1 N–H and O–H groups in total. The molecule has 0 unspecified atom stereocenters. The van der Waals surface area contributed by atoms with Gasteiger partial charge in [0.1, 0.15) is 22.0 Å². The van der Waals surface area contributed by atoms with Crippen molar-refractivity contribution in [2.24, 2.45) is 0 Å². The standard InChI is InChI=1S/C15H23N3O6S/c1-10-13(15(20)23-4)14(11(2)24-10)25(21,22)18-7-5-17(6-8-18)12(19)9-16-3/h16H,5-9H2,1-4H3. The van der Waals surface area contributed by atoms with Gasteiger partial charge in [-0.25, -0.2) is 13.2 Å². The molecule has 9 nitrogen and oxygen atoms in total. The van der Waals surface area contributed by atoms with Crippen LogP contribution in [0.1, 0.15) is 21.9 Å². The molecule has 1 aliphatic rings. The zero-order valence-electron chi connectivity index (χ0n) is 14.8. The molecule has 0 spiro atoms. The number of carbonyl (C=O) groups is 2. The number of sulfonamides is 1. The lowest BCUT2D eigenvalue weighted by atomic mass is 10.2. The molecule has 2 rings (SSSR count). The molecule has 0 bridgehead atoms. The van der Waals surface area contributed by atoms with E-state index in [1.165, 1.54) is 25.3 Å². The Morgan fingerprint density at radius 1 is 1.16 bits per heavy atom. The van der Waals surface area contributed by atoms with Crippen LogP contribution in [-0.2, 0) is 19.6 Å². The molecule has 1 fully saturated rings. The Labute approximate surface area is 147 Å². The van der Waals surface area contributed by atoms with Crippen LogP contribution in [0.25, 0.3) is 0 Å². The maximum absolute atomic E-state index is 13.0. The van der Waals surface area contributed by atoms with Crippen molar-refractivity contribution < 1.29 is 27.2 Å². The SMILES string of the molecule is CNCC(=O)N1CCN(S(=O)(=O)c2c(C)oc(C)c2C(=O)OC)CC1. The van der Waals surface area contributed by atoms with Crippen LogP contribution in [0.15, 0.2) is 9.31 Å². The molecule has 1 amide bonds. The lowest BCUT2D eigenvalue weighted by Gasteiger charge is -2.34. The van der Waals surface area contributed by atoms with E-state index in [2.05, 4.69) is 10.1 Å². The van der Waals surface area contributed by atoms with E-state index >= 15 is 0 Å². The fraction of sp³-hybridized carbons (Fsp3) is 0.600. The number of aryl methyl sites for hydroxylation is 2. The van der Waals surface area contributed by atoms with Crippen LogP contribution in [0.3, 0.4) is 0 Å². The number of likely N-dealkylation sites (N-methyl/N-ethyl adjacent to an activating group) is 1. The summed E-state index contributed by atoms with van der Waals surface area (Å²) in [6, 6.07) is 0. The fourth-order valence-corrected chi connectivity index (χ4v) is 4.67. The lowest BCUT2D eigenvalue weighted by Crippen LogP contribution is -2.52. The van der Waals surface area contributed by atoms with Gasteiger partial charge in [-0.2, -0.15) is 4.31 Å². The first-order chi connectivity index (χ1) is 11.7. The topological polar surface area (TPSA) is 109 Å². The first kappa shape index (κ1) is 19.4. The summed E-state index contributed by atoms with van der Waals surface area (Å²) in [5.74, 6) is -0.488. The number of esters is 1. The Kier molecular flexibility index (Phi) is 5.86. The maximum Gasteiger partial charge on any atom is 0.342 e. The van der Waals surface area contributed by atoms with Gasteiger partial charge >= 0.3 is 5.97 Å². The predicted octanol–water partition coefficient (Wildman–Crippen LogP) is -0.265. The molecular formula is C15H23N3O6S. The van der Waals surface area contributed by atoms with Gasteiger partial charge in [0.2, 0.25) is 15.9 Å². The second-order valence-corrected chi connectivity index (χ2v) is 7.60. The number of nitrogens with zero attached hydrogens (tertiary/aromatic N) is 2. The van der Waals surface area contributed by atoms with Crippen LogP contribution in [0.5, 0.6) is 0 Å². The van der Waals surface area contributed by atoms with Crippen molar-refractivity contribution in [3.63, 3.8) is 0 Å². The largest absolute Gasteiger partial charge is 0.465 e. The van der Waals surface area contributed by atoms with Crippen molar-refractivity contribution >= 4 is 21.9 Å². The number of furan rings is 1. The Bertz CT molecular complexity index is 762. The number of nitrogens with one attached hydrogen (secondary N) is 1. The number of rotatable bonds is 5. The number of methoxy groups -OCH3 is 1. The van der Waals surface area contributed by atoms with Crippen LogP contribution in [0, 0.1) is 13.8 Å². The number of hydrogen-bond donors (Lipinski definition) is 1. The van der Waals surface area contributed by atoms with Crippen LogP contribution in [-0.4, -0.2) is 76.4 Å². The maximum atomic E-state index is 13.0. The summed E-state index contributed by atoms with van der Waals surface area (Å²) in [4.78, 5) is 25.3. The highest BCUT2D eigenvalue weighted by molar-refractivity contribution is 7.89. The molecule has 0 atom stereocenters. The molecule has 10 heteroatoms. The van der Waals surface area contributed by atoms with Gasteiger partial charge in [0.05, 0.1) is 13.7 Å². The lowest BCUT2D eigenvalue weighted by molar-refractivity contribution is -0.131. The average molecular weight is 373 g/mol. The Morgan fingerprint density at radius 2 is 1.76 bits per heavy atom. The number of hydrogen-bond acceptors (Lipinski definition) is 7. The predicted molar refractivity (Wildman–Crippen MR) is 88.8 cm³/mol. The summed E-state index contributed by atoms with van der Waals surface area (Å²) in [6.07, 6.45) is 0. The molecule has 0 aromatic carbocycles. The molecule has 1 aliphatic heterocycles. The highest BCUT2D eigenvalue weighted by Gasteiger charge is 2.37. The Balaban J connectivity index is 2.27. The number of ether oxygens (including phenoxy) is 1. The molecule has 0 aliphatic carbocycles. The third-order valence-electron chi connectivity index (χ3n) is 4.11. The highest BCUT2D eigenvalue weighted by Crippen LogP contribution is 2.30. The summed E-state index contributed by atoms with van der Waals surface area (Å²) in [6.45, 7) is 4.13. The quantitative estimate of drug-likeness (QED) is 0.708.